The van der Waals surface area contributed by atoms with Gasteiger partial charge in [0, 0.05) is 37.9 Å². The lowest BCUT2D eigenvalue weighted by Crippen LogP contribution is -2.50. The molecule has 1 amide bonds. The molecule has 1 fully saturated rings. The van der Waals surface area contributed by atoms with E-state index in [9.17, 15) is 4.79 Å². The summed E-state index contributed by atoms with van der Waals surface area (Å²) in [7, 11) is 0. The lowest BCUT2D eigenvalue weighted by molar-refractivity contribution is -0.130. The SMILES string of the molecule is Cc1cccc(-c2ccnc3nc(N4CCN(C(=O)C(C)Cl)CC4)nn23)c1. The molecule has 3 heterocycles. The molecule has 1 aromatic carbocycles. The fraction of sp³-hybridized carbons (Fsp3) is 0.368. The molecule has 1 saturated heterocycles. The molecule has 0 bridgehead atoms. The third kappa shape index (κ3) is 3.47. The smallest absolute Gasteiger partial charge is 0.254 e. The van der Waals surface area contributed by atoms with Crippen molar-refractivity contribution in [3.63, 3.8) is 0 Å². The molecule has 8 heteroatoms. The average Bonchev–Trinajstić information content (AvgIpc) is 3.11. The molecule has 1 atom stereocenters. The minimum absolute atomic E-state index is 0.0253. The molecule has 0 aliphatic carbocycles. The maximum atomic E-state index is 12.0. The molecule has 1 aliphatic rings. The van der Waals surface area contributed by atoms with Crippen molar-refractivity contribution in [1.82, 2.24) is 24.5 Å². The summed E-state index contributed by atoms with van der Waals surface area (Å²) >= 11 is 5.91. The molecule has 7 nitrogen and oxygen atoms in total. The first-order valence-corrected chi connectivity index (χ1v) is 9.43. The molecular weight excluding hydrogens is 364 g/mol. The number of nitrogens with zero attached hydrogens (tertiary/aromatic N) is 6. The zero-order valence-corrected chi connectivity index (χ0v) is 16.1. The summed E-state index contributed by atoms with van der Waals surface area (Å²) in [6, 6.07) is 10.2. The largest absolute Gasteiger partial charge is 0.338 e. The number of halogens is 1. The number of hydrogen-bond acceptors (Lipinski definition) is 5. The van der Waals surface area contributed by atoms with Gasteiger partial charge in [0.25, 0.3) is 5.78 Å². The van der Waals surface area contributed by atoms with Gasteiger partial charge >= 0.3 is 0 Å². The van der Waals surface area contributed by atoms with Crippen molar-refractivity contribution in [2.75, 3.05) is 31.1 Å². The summed E-state index contributed by atoms with van der Waals surface area (Å²) in [5.41, 5.74) is 3.21. The second kappa shape index (κ2) is 7.15. The number of fused-ring (bicyclic) bond motifs is 1. The molecule has 27 heavy (non-hydrogen) atoms. The van der Waals surface area contributed by atoms with Gasteiger partial charge in [0.2, 0.25) is 11.9 Å². The number of hydrogen-bond donors (Lipinski definition) is 0. The standard InChI is InChI=1S/C19H21ClN6O/c1-13-4-3-5-15(12-13)16-6-7-21-18-22-19(23-26(16)18)25-10-8-24(9-11-25)17(27)14(2)20/h3-7,12,14H,8-11H2,1-2H3. The molecule has 0 saturated carbocycles. The van der Waals surface area contributed by atoms with Gasteiger partial charge in [-0.1, -0.05) is 23.8 Å². The summed E-state index contributed by atoms with van der Waals surface area (Å²) in [5.74, 6) is 1.17. The predicted molar refractivity (Wildman–Crippen MR) is 105 cm³/mol. The second-order valence-electron chi connectivity index (χ2n) is 6.75. The van der Waals surface area contributed by atoms with E-state index in [-0.39, 0.29) is 5.91 Å². The van der Waals surface area contributed by atoms with Crippen LogP contribution in [0.3, 0.4) is 0 Å². The van der Waals surface area contributed by atoms with Crippen molar-refractivity contribution in [1.29, 1.82) is 0 Å². The van der Waals surface area contributed by atoms with E-state index >= 15 is 0 Å². The number of carbonyl (C=O) groups is 1. The Hall–Kier alpha value is -2.67. The summed E-state index contributed by atoms with van der Waals surface area (Å²) in [6.07, 6.45) is 1.75. The Morgan fingerprint density at radius 2 is 1.96 bits per heavy atom. The van der Waals surface area contributed by atoms with E-state index in [1.54, 1.807) is 22.5 Å². The third-order valence-corrected chi connectivity index (χ3v) is 4.94. The van der Waals surface area contributed by atoms with Crippen molar-refractivity contribution < 1.29 is 4.79 Å². The number of aryl methyl sites for hydroxylation is 1. The second-order valence-corrected chi connectivity index (χ2v) is 7.41. The van der Waals surface area contributed by atoms with Crippen LogP contribution in [-0.2, 0) is 4.79 Å². The highest BCUT2D eigenvalue weighted by Gasteiger charge is 2.26. The lowest BCUT2D eigenvalue weighted by Gasteiger charge is -2.34. The van der Waals surface area contributed by atoms with E-state index in [1.807, 2.05) is 12.1 Å². The molecule has 1 unspecified atom stereocenters. The highest BCUT2D eigenvalue weighted by Crippen LogP contribution is 2.22. The fourth-order valence-corrected chi connectivity index (χ4v) is 3.46. The van der Waals surface area contributed by atoms with E-state index in [4.69, 9.17) is 11.6 Å². The van der Waals surface area contributed by atoms with Crippen LogP contribution in [0.15, 0.2) is 36.5 Å². The van der Waals surface area contributed by atoms with Crippen LogP contribution in [0.2, 0.25) is 0 Å². The van der Waals surface area contributed by atoms with Crippen LogP contribution >= 0.6 is 11.6 Å². The van der Waals surface area contributed by atoms with Gasteiger partial charge in [-0.2, -0.15) is 9.50 Å². The van der Waals surface area contributed by atoms with Crippen LogP contribution in [0.1, 0.15) is 12.5 Å². The molecular formula is C19H21ClN6O. The zero-order valence-electron chi connectivity index (χ0n) is 15.3. The van der Waals surface area contributed by atoms with Crippen molar-refractivity contribution in [3.8, 4) is 11.3 Å². The fourth-order valence-electron chi connectivity index (χ4n) is 3.32. The molecule has 3 aromatic rings. The van der Waals surface area contributed by atoms with E-state index in [0.29, 0.717) is 37.9 Å². The van der Waals surface area contributed by atoms with Gasteiger partial charge in [-0.3, -0.25) is 4.79 Å². The molecule has 4 rings (SSSR count). The Labute approximate surface area is 162 Å². The highest BCUT2D eigenvalue weighted by molar-refractivity contribution is 6.30. The van der Waals surface area contributed by atoms with E-state index < -0.39 is 5.38 Å². The van der Waals surface area contributed by atoms with Crippen molar-refractivity contribution in [3.05, 3.63) is 42.1 Å². The average molecular weight is 385 g/mol. The Balaban J connectivity index is 1.60. The monoisotopic (exact) mass is 384 g/mol. The summed E-state index contributed by atoms with van der Waals surface area (Å²) in [6.45, 7) is 6.35. The number of piperazine rings is 1. The maximum absolute atomic E-state index is 12.0. The third-order valence-electron chi connectivity index (χ3n) is 4.76. The van der Waals surface area contributed by atoms with Gasteiger partial charge < -0.3 is 9.80 Å². The number of benzene rings is 1. The Kier molecular flexibility index (Phi) is 4.70. The van der Waals surface area contributed by atoms with Crippen LogP contribution in [0, 0.1) is 6.92 Å². The molecule has 1 aliphatic heterocycles. The number of alkyl halides is 1. The van der Waals surface area contributed by atoms with Crippen molar-refractivity contribution in [2.24, 2.45) is 0 Å². The number of rotatable bonds is 3. The molecule has 0 radical (unpaired) electrons. The van der Waals surface area contributed by atoms with Gasteiger partial charge in [-0.25, -0.2) is 4.98 Å². The Morgan fingerprint density at radius 1 is 1.19 bits per heavy atom. The van der Waals surface area contributed by atoms with Gasteiger partial charge in [0.05, 0.1) is 5.69 Å². The first-order chi connectivity index (χ1) is 13.0. The van der Waals surface area contributed by atoms with Gasteiger partial charge in [0.15, 0.2) is 0 Å². The van der Waals surface area contributed by atoms with E-state index in [1.165, 1.54) is 5.56 Å². The van der Waals surface area contributed by atoms with Crippen LogP contribution in [0.4, 0.5) is 5.95 Å². The minimum Gasteiger partial charge on any atom is -0.338 e. The van der Waals surface area contributed by atoms with Crippen molar-refractivity contribution >= 4 is 29.2 Å². The Morgan fingerprint density at radius 3 is 2.67 bits per heavy atom. The van der Waals surface area contributed by atoms with Crippen LogP contribution < -0.4 is 4.90 Å². The zero-order chi connectivity index (χ0) is 19.0. The first kappa shape index (κ1) is 17.7. The number of amides is 1. The van der Waals surface area contributed by atoms with Gasteiger partial charge in [0.1, 0.15) is 5.38 Å². The quantitative estimate of drug-likeness (QED) is 0.648. The minimum atomic E-state index is -0.494. The van der Waals surface area contributed by atoms with Gasteiger partial charge in [-0.15, -0.1) is 16.7 Å². The normalized spacial score (nSPS) is 16.0. The molecule has 0 spiro atoms. The lowest BCUT2D eigenvalue weighted by atomic mass is 10.1. The van der Waals surface area contributed by atoms with Crippen LogP contribution in [0.25, 0.3) is 17.0 Å². The van der Waals surface area contributed by atoms with Crippen LogP contribution in [-0.4, -0.2) is 61.9 Å². The molecule has 140 valence electrons. The predicted octanol–water partition coefficient (Wildman–Crippen LogP) is 2.38. The number of aromatic nitrogens is 4. The summed E-state index contributed by atoms with van der Waals surface area (Å²) in [4.78, 5) is 24.9. The van der Waals surface area contributed by atoms with Gasteiger partial charge in [-0.05, 0) is 26.0 Å². The topological polar surface area (TPSA) is 66.6 Å². The summed E-state index contributed by atoms with van der Waals surface area (Å²) < 4.78 is 1.78. The number of carbonyl (C=O) groups excluding carboxylic acids is 1. The maximum Gasteiger partial charge on any atom is 0.254 e. The van der Waals surface area contributed by atoms with Crippen LogP contribution in [0.5, 0.6) is 0 Å². The van der Waals surface area contributed by atoms with E-state index in [2.05, 4.69) is 45.1 Å². The van der Waals surface area contributed by atoms with E-state index in [0.717, 1.165) is 11.3 Å². The first-order valence-electron chi connectivity index (χ1n) is 8.99. The summed E-state index contributed by atoms with van der Waals surface area (Å²) in [5, 5.41) is 4.19. The molecule has 0 N–H and O–H groups in total. The van der Waals surface area contributed by atoms with Crippen molar-refractivity contribution in [2.45, 2.75) is 19.2 Å². The molecule has 2 aromatic heterocycles. The highest BCUT2D eigenvalue weighted by atomic mass is 35.5. The Bertz CT molecular complexity index is 977. The number of anilines is 1.